The highest BCUT2D eigenvalue weighted by molar-refractivity contribution is 6.00. The number of carbonyl (C=O) groups excluding carboxylic acids is 2. The lowest BCUT2D eigenvalue weighted by atomic mass is 10.1. The van der Waals surface area contributed by atoms with Crippen LogP contribution in [0.4, 0.5) is 10.5 Å². The first kappa shape index (κ1) is 23.4. The number of anilines is 1. The number of hydrogen-bond donors (Lipinski definition) is 1. The third-order valence-corrected chi connectivity index (χ3v) is 7.26. The number of fused-ring (bicyclic) bond motifs is 3. The van der Waals surface area contributed by atoms with Crippen LogP contribution in [0, 0.1) is 0 Å². The van der Waals surface area contributed by atoms with E-state index in [2.05, 4.69) is 27.2 Å². The molecule has 0 aliphatic carbocycles. The van der Waals surface area contributed by atoms with Gasteiger partial charge < -0.3 is 19.3 Å². The predicted octanol–water partition coefficient (Wildman–Crippen LogP) is 2.32. The van der Waals surface area contributed by atoms with Crippen LogP contribution in [0.3, 0.4) is 0 Å². The maximum atomic E-state index is 13.6. The number of likely N-dealkylation sites (N-methyl/N-ethyl adjacent to an activating group) is 1. The van der Waals surface area contributed by atoms with Crippen molar-refractivity contribution in [3.05, 3.63) is 54.1 Å². The van der Waals surface area contributed by atoms with Crippen molar-refractivity contribution in [3.63, 3.8) is 0 Å². The fourth-order valence-electron chi connectivity index (χ4n) is 5.48. The fourth-order valence-corrected chi connectivity index (χ4v) is 5.48. The van der Waals surface area contributed by atoms with E-state index in [4.69, 9.17) is 9.47 Å². The van der Waals surface area contributed by atoms with Crippen molar-refractivity contribution < 1.29 is 19.1 Å². The minimum atomic E-state index is -0.425. The summed E-state index contributed by atoms with van der Waals surface area (Å²) in [5, 5.41) is 3.56. The average Bonchev–Trinajstić information content (AvgIpc) is 3.30. The zero-order chi connectivity index (χ0) is 24.5. The minimum absolute atomic E-state index is 0.121. The summed E-state index contributed by atoms with van der Waals surface area (Å²) in [6, 6.07) is 15.2. The number of nitrogens with zero attached hydrogens (tertiary/aromatic N) is 4. The summed E-state index contributed by atoms with van der Waals surface area (Å²) >= 11 is 0. The monoisotopic (exact) mass is 479 g/mol. The minimum Gasteiger partial charge on any atom is -0.497 e. The molecule has 3 unspecified atom stereocenters. The molecule has 186 valence electrons. The second-order valence-corrected chi connectivity index (χ2v) is 9.23. The van der Waals surface area contributed by atoms with Gasteiger partial charge in [-0.1, -0.05) is 30.3 Å². The number of aryl methyl sites for hydroxylation is 1. The van der Waals surface area contributed by atoms with Gasteiger partial charge in [-0.05, 0) is 37.0 Å². The van der Waals surface area contributed by atoms with E-state index in [1.54, 1.807) is 26.2 Å². The molecule has 2 aromatic rings. The number of rotatable bonds is 7. The quantitative estimate of drug-likeness (QED) is 0.653. The van der Waals surface area contributed by atoms with E-state index >= 15 is 0 Å². The molecule has 3 heterocycles. The standard InChI is InChI=1S/C26H33N5O4/c1-28-23-22(24(32)31(26(28)33)14-7-11-18-9-5-4-6-10-18)30-16-8-15-29(25(30)27-23)20-13-12-19(34-2)17-21(20)35-3/h4-6,9-10,12-13,17,22-23,25,27H,7-8,11,14-16H2,1-3H3. The molecule has 3 atom stereocenters. The van der Waals surface area contributed by atoms with Crippen molar-refractivity contribution in [1.82, 2.24) is 20.0 Å². The molecule has 9 heteroatoms. The molecule has 1 N–H and O–H groups in total. The molecule has 5 rings (SSSR count). The predicted molar refractivity (Wildman–Crippen MR) is 132 cm³/mol. The Labute approximate surface area is 206 Å². The summed E-state index contributed by atoms with van der Waals surface area (Å²) in [4.78, 5) is 34.3. The van der Waals surface area contributed by atoms with E-state index in [9.17, 15) is 9.59 Å². The number of imide groups is 1. The highest BCUT2D eigenvalue weighted by atomic mass is 16.5. The van der Waals surface area contributed by atoms with Gasteiger partial charge in [0.25, 0.3) is 5.91 Å². The Morgan fingerprint density at radius 2 is 1.83 bits per heavy atom. The van der Waals surface area contributed by atoms with Gasteiger partial charge >= 0.3 is 6.03 Å². The van der Waals surface area contributed by atoms with E-state index in [0.29, 0.717) is 12.3 Å². The topological polar surface area (TPSA) is 77.6 Å². The molecule has 35 heavy (non-hydrogen) atoms. The van der Waals surface area contributed by atoms with Gasteiger partial charge in [-0.3, -0.25) is 19.9 Å². The van der Waals surface area contributed by atoms with Gasteiger partial charge in [-0.2, -0.15) is 0 Å². The first-order chi connectivity index (χ1) is 17.0. The summed E-state index contributed by atoms with van der Waals surface area (Å²) < 4.78 is 11.0. The smallest absolute Gasteiger partial charge is 0.327 e. The number of hydrogen-bond acceptors (Lipinski definition) is 7. The van der Waals surface area contributed by atoms with E-state index in [1.165, 1.54) is 10.5 Å². The third-order valence-electron chi connectivity index (χ3n) is 7.26. The number of carbonyl (C=O) groups is 2. The van der Waals surface area contributed by atoms with Gasteiger partial charge in [0, 0.05) is 32.7 Å². The lowest BCUT2D eigenvalue weighted by Gasteiger charge is -2.44. The second kappa shape index (κ2) is 9.75. The zero-order valence-corrected chi connectivity index (χ0v) is 20.5. The lowest BCUT2D eigenvalue weighted by molar-refractivity contribution is -0.138. The molecular weight excluding hydrogens is 446 g/mol. The van der Waals surface area contributed by atoms with E-state index in [0.717, 1.165) is 43.8 Å². The average molecular weight is 480 g/mol. The normalized spacial score (nSPS) is 24.4. The molecule has 0 saturated carbocycles. The molecule has 0 aromatic heterocycles. The summed E-state index contributed by atoms with van der Waals surface area (Å²) in [6.07, 6.45) is 1.86. The van der Waals surface area contributed by atoms with Crippen LogP contribution in [0.15, 0.2) is 48.5 Å². The highest BCUT2D eigenvalue weighted by Crippen LogP contribution is 2.38. The van der Waals surface area contributed by atoms with Crippen molar-refractivity contribution in [3.8, 4) is 11.5 Å². The lowest BCUT2D eigenvalue weighted by Crippen LogP contribution is -2.66. The Balaban J connectivity index is 1.35. The molecule has 3 aliphatic rings. The van der Waals surface area contributed by atoms with Crippen LogP contribution < -0.4 is 19.7 Å². The van der Waals surface area contributed by atoms with Gasteiger partial charge in [-0.25, -0.2) is 4.79 Å². The number of benzene rings is 2. The Morgan fingerprint density at radius 3 is 2.57 bits per heavy atom. The molecule has 3 fully saturated rings. The van der Waals surface area contributed by atoms with Crippen LogP contribution in [0.25, 0.3) is 0 Å². The van der Waals surface area contributed by atoms with Gasteiger partial charge in [0.15, 0.2) is 0 Å². The number of methoxy groups -OCH3 is 2. The Bertz CT molecular complexity index is 1080. The molecule has 0 radical (unpaired) electrons. The maximum absolute atomic E-state index is 13.6. The SMILES string of the molecule is COc1ccc(N2CCCN3C4C(=O)N(CCCc5ccccc5)C(=O)N(C)C4NC23)c(OC)c1. The van der Waals surface area contributed by atoms with Crippen LogP contribution in [-0.2, 0) is 11.2 Å². The fraction of sp³-hybridized carbons (Fsp3) is 0.462. The third kappa shape index (κ3) is 4.19. The summed E-state index contributed by atoms with van der Waals surface area (Å²) in [6.45, 7) is 2.00. The number of ether oxygens (including phenoxy) is 2. The Morgan fingerprint density at radius 1 is 1.03 bits per heavy atom. The Hall–Kier alpha value is -3.30. The van der Waals surface area contributed by atoms with Crippen LogP contribution >= 0.6 is 0 Å². The molecule has 3 aliphatic heterocycles. The number of urea groups is 1. The van der Waals surface area contributed by atoms with Crippen molar-refractivity contribution >= 4 is 17.6 Å². The largest absolute Gasteiger partial charge is 0.497 e. The van der Waals surface area contributed by atoms with Crippen LogP contribution in [0.2, 0.25) is 0 Å². The molecule has 2 aromatic carbocycles. The van der Waals surface area contributed by atoms with Gasteiger partial charge in [0.05, 0.1) is 19.9 Å². The van der Waals surface area contributed by atoms with Crippen molar-refractivity contribution in [2.75, 3.05) is 45.8 Å². The molecule has 3 amide bonds. The van der Waals surface area contributed by atoms with Gasteiger partial charge in [0.1, 0.15) is 30.0 Å². The van der Waals surface area contributed by atoms with Gasteiger partial charge in [-0.15, -0.1) is 0 Å². The van der Waals surface area contributed by atoms with Crippen molar-refractivity contribution in [2.45, 2.75) is 37.8 Å². The first-order valence-corrected chi connectivity index (χ1v) is 12.2. The van der Waals surface area contributed by atoms with Crippen LogP contribution in [0.1, 0.15) is 18.4 Å². The van der Waals surface area contributed by atoms with Crippen molar-refractivity contribution in [1.29, 1.82) is 0 Å². The molecule has 9 nitrogen and oxygen atoms in total. The summed E-state index contributed by atoms with van der Waals surface area (Å²) in [7, 11) is 5.05. The highest BCUT2D eigenvalue weighted by Gasteiger charge is 2.56. The molecule has 3 saturated heterocycles. The van der Waals surface area contributed by atoms with Gasteiger partial charge in [0.2, 0.25) is 0 Å². The second-order valence-electron chi connectivity index (χ2n) is 9.23. The molecule has 0 spiro atoms. The summed E-state index contributed by atoms with van der Waals surface area (Å²) in [5.41, 5.74) is 2.13. The van der Waals surface area contributed by atoms with Crippen molar-refractivity contribution in [2.24, 2.45) is 0 Å². The Kier molecular flexibility index (Phi) is 6.53. The summed E-state index contributed by atoms with van der Waals surface area (Å²) in [5.74, 6) is 1.31. The van der Waals surface area contributed by atoms with E-state index in [-0.39, 0.29) is 24.4 Å². The number of amides is 3. The van der Waals surface area contributed by atoms with Crippen LogP contribution in [-0.4, -0.2) is 86.0 Å². The van der Waals surface area contributed by atoms with E-state index < -0.39 is 6.04 Å². The maximum Gasteiger partial charge on any atom is 0.327 e. The number of nitrogens with one attached hydrogen (secondary N) is 1. The molecule has 0 bridgehead atoms. The molecular formula is C26H33N5O4. The zero-order valence-electron chi connectivity index (χ0n) is 20.5. The van der Waals surface area contributed by atoms with E-state index in [1.807, 2.05) is 36.4 Å². The van der Waals surface area contributed by atoms with Crippen LogP contribution in [0.5, 0.6) is 11.5 Å². The first-order valence-electron chi connectivity index (χ1n) is 12.2.